The van der Waals surface area contributed by atoms with Crippen molar-refractivity contribution in [3.05, 3.63) is 33.2 Å². The standard InChI is InChI=1S/C23H30N2O5/c1-14-15(2)22(27)29-21-16-6-7-23(3,4)30-17(16)12-18(20(14)21)28-13-19(26)25-10-8-24(5)9-11-25/h12H,6-11,13H2,1-5H3. The van der Waals surface area contributed by atoms with E-state index in [0.717, 1.165) is 42.4 Å². The van der Waals surface area contributed by atoms with Gasteiger partial charge in [0, 0.05) is 43.4 Å². The molecule has 0 saturated carbocycles. The molecule has 0 spiro atoms. The molecule has 3 heterocycles. The second kappa shape index (κ2) is 7.61. The number of likely N-dealkylation sites (N-methyl/N-ethyl adjacent to an activating group) is 1. The maximum Gasteiger partial charge on any atom is 0.339 e. The molecule has 0 atom stereocenters. The Balaban J connectivity index is 1.71. The Labute approximate surface area is 176 Å². The SMILES string of the molecule is Cc1c(C)c2c(OCC(=O)N3CCN(C)CC3)cc3c(c2oc1=O)CCC(C)(C)O3. The number of fused-ring (bicyclic) bond motifs is 3. The quantitative estimate of drug-likeness (QED) is 0.719. The number of benzene rings is 1. The highest BCUT2D eigenvalue weighted by Crippen LogP contribution is 2.43. The van der Waals surface area contributed by atoms with Crippen molar-refractivity contribution in [1.29, 1.82) is 0 Å². The molecule has 30 heavy (non-hydrogen) atoms. The fourth-order valence-electron chi connectivity index (χ4n) is 4.13. The van der Waals surface area contributed by atoms with Crippen LogP contribution < -0.4 is 15.1 Å². The third kappa shape index (κ3) is 3.78. The van der Waals surface area contributed by atoms with Crippen LogP contribution in [0, 0.1) is 13.8 Å². The van der Waals surface area contributed by atoms with Crippen molar-refractivity contribution in [2.24, 2.45) is 0 Å². The molecule has 162 valence electrons. The van der Waals surface area contributed by atoms with Gasteiger partial charge in [0.2, 0.25) is 0 Å². The maximum absolute atomic E-state index is 12.7. The van der Waals surface area contributed by atoms with Gasteiger partial charge in [0.15, 0.2) is 6.61 Å². The summed E-state index contributed by atoms with van der Waals surface area (Å²) in [7, 11) is 2.05. The van der Waals surface area contributed by atoms with Crippen molar-refractivity contribution < 1.29 is 18.7 Å². The van der Waals surface area contributed by atoms with Crippen molar-refractivity contribution in [1.82, 2.24) is 9.80 Å². The molecule has 2 aromatic rings. The highest BCUT2D eigenvalue weighted by Gasteiger charge is 2.31. The normalized spacial score (nSPS) is 18.8. The van der Waals surface area contributed by atoms with E-state index in [-0.39, 0.29) is 23.7 Å². The van der Waals surface area contributed by atoms with E-state index in [1.54, 1.807) is 6.92 Å². The zero-order valence-corrected chi connectivity index (χ0v) is 18.5. The van der Waals surface area contributed by atoms with Gasteiger partial charge in [-0.15, -0.1) is 0 Å². The van der Waals surface area contributed by atoms with Gasteiger partial charge < -0.3 is 23.7 Å². The Morgan fingerprint density at radius 2 is 1.87 bits per heavy atom. The average Bonchev–Trinajstić information content (AvgIpc) is 2.69. The van der Waals surface area contributed by atoms with E-state index in [0.29, 0.717) is 35.7 Å². The van der Waals surface area contributed by atoms with Gasteiger partial charge in [-0.1, -0.05) is 0 Å². The van der Waals surface area contributed by atoms with Gasteiger partial charge in [-0.2, -0.15) is 0 Å². The molecule has 2 aliphatic heterocycles. The third-order valence-corrected chi connectivity index (χ3v) is 6.32. The second-order valence-corrected chi connectivity index (χ2v) is 9.03. The summed E-state index contributed by atoms with van der Waals surface area (Å²) < 4.78 is 17.9. The topological polar surface area (TPSA) is 72.2 Å². The number of piperazine rings is 1. The minimum atomic E-state index is -0.349. The first-order chi connectivity index (χ1) is 14.2. The summed E-state index contributed by atoms with van der Waals surface area (Å²) in [6, 6.07) is 1.85. The van der Waals surface area contributed by atoms with Crippen LogP contribution in [0.25, 0.3) is 11.0 Å². The lowest BCUT2D eigenvalue weighted by Gasteiger charge is -2.33. The van der Waals surface area contributed by atoms with Crippen LogP contribution in [0.2, 0.25) is 0 Å². The predicted molar refractivity (Wildman–Crippen MR) is 115 cm³/mol. The summed E-state index contributed by atoms with van der Waals surface area (Å²) in [5.74, 6) is 1.14. The lowest BCUT2D eigenvalue weighted by molar-refractivity contribution is -0.134. The molecule has 1 aromatic carbocycles. The third-order valence-electron chi connectivity index (χ3n) is 6.32. The fourth-order valence-corrected chi connectivity index (χ4v) is 4.13. The Hall–Kier alpha value is -2.54. The van der Waals surface area contributed by atoms with Crippen molar-refractivity contribution in [3.63, 3.8) is 0 Å². The molecule has 0 N–H and O–H groups in total. The number of carbonyl (C=O) groups is 1. The molecule has 1 aromatic heterocycles. The molecule has 0 radical (unpaired) electrons. The van der Waals surface area contributed by atoms with E-state index in [1.807, 2.05) is 31.7 Å². The monoisotopic (exact) mass is 414 g/mol. The predicted octanol–water partition coefficient (Wildman–Crippen LogP) is 2.67. The summed E-state index contributed by atoms with van der Waals surface area (Å²) in [5.41, 5.74) is 2.11. The minimum absolute atomic E-state index is 0.0398. The highest BCUT2D eigenvalue weighted by atomic mass is 16.5. The zero-order chi connectivity index (χ0) is 21.6. The first-order valence-electron chi connectivity index (χ1n) is 10.5. The van der Waals surface area contributed by atoms with Crippen LogP contribution in [0.15, 0.2) is 15.3 Å². The molecule has 1 saturated heterocycles. The molecule has 0 bridgehead atoms. The van der Waals surface area contributed by atoms with Crippen molar-refractivity contribution in [2.75, 3.05) is 39.8 Å². The van der Waals surface area contributed by atoms with E-state index >= 15 is 0 Å². The molecule has 1 amide bonds. The van der Waals surface area contributed by atoms with E-state index < -0.39 is 0 Å². The van der Waals surface area contributed by atoms with E-state index in [2.05, 4.69) is 11.9 Å². The van der Waals surface area contributed by atoms with E-state index in [4.69, 9.17) is 13.9 Å². The smallest absolute Gasteiger partial charge is 0.339 e. The van der Waals surface area contributed by atoms with Gasteiger partial charge in [-0.05, 0) is 53.1 Å². The lowest BCUT2D eigenvalue weighted by Crippen LogP contribution is -2.48. The lowest BCUT2D eigenvalue weighted by atomic mass is 9.92. The molecule has 1 fully saturated rings. The van der Waals surface area contributed by atoms with Crippen LogP contribution in [0.3, 0.4) is 0 Å². The van der Waals surface area contributed by atoms with Gasteiger partial charge >= 0.3 is 5.63 Å². The average molecular weight is 415 g/mol. The molecule has 0 aliphatic carbocycles. The first kappa shape index (κ1) is 20.7. The molecule has 4 rings (SSSR count). The Bertz CT molecular complexity index is 1050. The number of hydrogen-bond donors (Lipinski definition) is 0. The summed E-state index contributed by atoms with van der Waals surface area (Å²) in [6.45, 7) is 10.8. The molecule has 7 nitrogen and oxygen atoms in total. The molecule has 2 aliphatic rings. The molecule has 7 heteroatoms. The fraction of sp³-hybridized carbons (Fsp3) is 0.565. The van der Waals surface area contributed by atoms with Crippen LogP contribution in [0.4, 0.5) is 0 Å². The van der Waals surface area contributed by atoms with Gasteiger partial charge in [0.1, 0.15) is 22.7 Å². The van der Waals surface area contributed by atoms with Gasteiger partial charge in [0.25, 0.3) is 5.91 Å². The number of nitrogens with zero attached hydrogens (tertiary/aromatic N) is 2. The van der Waals surface area contributed by atoms with Crippen LogP contribution in [0.1, 0.15) is 37.0 Å². The Morgan fingerprint density at radius 1 is 1.17 bits per heavy atom. The van der Waals surface area contributed by atoms with Gasteiger partial charge in [0.05, 0.1) is 5.39 Å². The van der Waals surface area contributed by atoms with Crippen molar-refractivity contribution in [3.8, 4) is 11.5 Å². The highest BCUT2D eigenvalue weighted by molar-refractivity contribution is 5.92. The number of rotatable bonds is 3. The van der Waals surface area contributed by atoms with Crippen LogP contribution in [0.5, 0.6) is 11.5 Å². The summed E-state index contributed by atoms with van der Waals surface area (Å²) in [4.78, 5) is 29.1. The molecule has 0 unspecified atom stereocenters. The number of amides is 1. The zero-order valence-electron chi connectivity index (χ0n) is 18.5. The molecular weight excluding hydrogens is 384 g/mol. The summed E-state index contributed by atoms with van der Waals surface area (Å²) in [5, 5.41) is 0.750. The van der Waals surface area contributed by atoms with Gasteiger partial charge in [-0.25, -0.2) is 4.79 Å². The van der Waals surface area contributed by atoms with E-state index in [1.165, 1.54) is 0 Å². The van der Waals surface area contributed by atoms with E-state index in [9.17, 15) is 9.59 Å². The number of aryl methyl sites for hydroxylation is 2. The van der Waals surface area contributed by atoms with Crippen molar-refractivity contribution >= 4 is 16.9 Å². The van der Waals surface area contributed by atoms with Crippen LogP contribution in [-0.2, 0) is 11.2 Å². The number of ether oxygens (including phenoxy) is 2. The molecular formula is C23H30N2O5. The number of hydrogen-bond acceptors (Lipinski definition) is 6. The summed E-state index contributed by atoms with van der Waals surface area (Å²) >= 11 is 0. The van der Waals surface area contributed by atoms with Crippen LogP contribution >= 0.6 is 0 Å². The van der Waals surface area contributed by atoms with Gasteiger partial charge in [-0.3, -0.25) is 4.79 Å². The van der Waals surface area contributed by atoms with Crippen LogP contribution in [-0.4, -0.2) is 61.1 Å². The summed E-state index contributed by atoms with van der Waals surface area (Å²) in [6.07, 6.45) is 1.58. The first-order valence-corrected chi connectivity index (χ1v) is 10.5. The Morgan fingerprint density at radius 3 is 2.57 bits per heavy atom. The number of carbonyl (C=O) groups excluding carboxylic acids is 1. The van der Waals surface area contributed by atoms with Crippen molar-refractivity contribution in [2.45, 2.75) is 46.1 Å². The Kier molecular flexibility index (Phi) is 5.26. The minimum Gasteiger partial charge on any atom is -0.487 e. The maximum atomic E-state index is 12.7. The largest absolute Gasteiger partial charge is 0.487 e. The second-order valence-electron chi connectivity index (χ2n) is 9.03.